The second-order valence-electron chi connectivity index (χ2n) is 7.43. The summed E-state index contributed by atoms with van der Waals surface area (Å²) >= 11 is 0. The number of nitrogens with one attached hydrogen (secondary N) is 1. The Balaban J connectivity index is 1.35. The molecule has 31 heavy (non-hydrogen) atoms. The van der Waals surface area contributed by atoms with Gasteiger partial charge in [-0.1, -0.05) is 42.0 Å². The number of benzene rings is 2. The Morgan fingerprint density at radius 3 is 2.65 bits per heavy atom. The van der Waals surface area contributed by atoms with Crippen molar-refractivity contribution in [3.8, 4) is 5.75 Å². The maximum absolute atomic E-state index is 12.5. The average molecular weight is 416 g/mol. The summed E-state index contributed by atoms with van der Waals surface area (Å²) in [7, 11) is 0. The quantitative estimate of drug-likeness (QED) is 0.496. The second kappa shape index (κ2) is 8.83. The standard InChI is InChI=1S/C23H24N6O2/c1-16-8-9-21(18(3)12-16)31-15-28-11-10-20(26-28)22(30)25-23-24-14-29(27-23)13-19-7-5-4-6-17(19)2/h4-12,14H,13,15H2,1-3H3,(H,25,27,30). The lowest BCUT2D eigenvalue weighted by molar-refractivity contribution is 0.101. The fourth-order valence-corrected chi connectivity index (χ4v) is 3.21. The van der Waals surface area contributed by atoms with Crippen LogP contribution in [-0.4, -0.2) is 30.5 Å². The first kappa shape index (κ1) is 20.3. The summed E-state index contributed by atoms with van der Waals surface area (Å²) in [5, 5.41) is 11.3. The van der Waals surface area contributed by atoms with Crippen molar-refractivity contribution < 1.29 is 9.53 Å². The SMILES string of the molecule is Cc1ccc(OCn2ccc(C(=O)Nc3ncn(Cc4ccccc4C)n3)n2)c(C)c1. The number of aryl methyl sites for hydroxylation is 3. The Labute approximate surface area is 180 Å². The molecule has 0 saturated carbocycles. The topological polar surface area (TPSA) is 86.9 Å². The highest BCUT2D eigenvalue weighted by Crippen LogP contribution is 2.19. The molecule has 2 heterocycles. The molecule has 8 heteroatoms. The summed E-state index contributed by atoms with van der Waals surface area (Å²) in [6, 6.07) is 15.7. The number of nitrogens with zero attached hydrogens (tertiary/aromatic N) is 5. The molecule has 0 aliphatic heterocycles. The zero-order chi connectivity index (χ0) is 21.8. The van der Waals surface area contributed by atoms with Crippen LogP contribution in [0.25, 0.3) is 0 Å². The summed E-state index contributed by atoms with van der Waals surface area (Å²) in [5.74, 6) is 0.647. The lowest BCUT2D eigenvalue weighted by atomic mass is 10.1. The van der Waals surface area contributed by atoms with Gasteiger partial charge in [0.1, 0.15) is 12.1 Å². The minimum atomic E-state index is -0.376. The number of rotatable bonds is 7. The average Bonchev–Trinajstić information content (AvgIpc) is 3.39. The third-order valence-corrected chi connectivity index (χ3v) is 4.91. The highest BCUT2D eigenvalue weighted by molar-refractivity contribution is 6.01. The van der Waals surface area contributed by atoms with Crippen LogP contribution in [-0.2, 0) is 13.3 Å². The largest absolute Gasteiger partial charge is 0.471 e. The van der Waals surface area contributed by atoms with Gasteiger partial charge < -0.3 is 4.74 Å². The van der Waals surface area contributed by atoms with Gasteiger partial charge in [0.05, 0.1) is 6.54 Å². The van der Waals surface area contributed by atoms with Gasteiger partial charge in [-0.05, 0) is 49.6 Å². The number of anilines is 1. The van der Waals surface area contributed by atoms with Crippen LogP contribution in [0.1, 0.15) is 32.7 Å². The van der Waals surface area contributed by atoms with Gasteiger partial charge in [0, 0.05) is 6.20 Å². The van der Waals surface area contributed by atoms with Crippen molar-refractivity contribution in [3.63, 3.8) is 0 Å². The Bertz CT molecular complexity index is 1210. The number of aromatic nitrogens is 5. The molecule has 1 amide bonds. The molecular weight excluding hydrogens is 392 g/mol. The summed E-state index contributed by atoms with van der Waals surface area (Å²) in [4.78, 5) is 16.7. The van der Waals surface area contributed by atoms with Crippen LogP contribution in [0.2, 0.25) is 0 Å². The van der Waals surface area contributed by atoms with Crippen LogP contribution in [0.4, 0.5) is 5.95 Å². The zero-order valence-electron chi connectivity index (χ0n) is 17.7. The van der Waals surface area contributed by atoms with E-state index in [4.69, 9.17) is 4.74 Å². The Kier molecular flexibility index (Phi) is 5.79. The van der Waals surface area contributed by atoms with Gasteiger partial charge in [0.25, 0.3) is 5.91 Å². The van der Waals surface area contributed by atoms with Gasteiger partial charge >= 0.3 is 0 Å². The molecule has 0 aliphatic carbocycles. The minimum absolute atomic E-state index is 0.209. The van der Waals surface area contributed by atoms with Gasteiger partial charge in [-0.15, -0.1) is 5.10 Å². The molecule has 4 rings (SSSR count). The first-order valence-corrected chi connectivity index (χ1v) is 9.97. The summed E-state index contributed by atoms with van der Waals surface area (Å²) in [6.07, 6.45) is 3.29. The second-order valence-corrected chi connectivity index (χ2v) is 7.43. The Morgan fingerprint density at radius 1 is 1.00 bits per heavy atom. The van der Waals surface area contributed by atoms with Gasteiger partial charge in [-0.3, -0.25) is 10.1 Å². The van der Waals surface area contributed by atoms with Crippen LogP contribution in [0.3, 0.4) is 0 Å². The molecule has 0 bridgehead atoms. The molecule has 158 valence electrons. The number of amides is 1. The van der Waals surface area contributed by atoms with Crippen LogP contribution in [0.15, 0.2) is 61.1 Å². The van der Waals surface area contributed by atoms with Crippen molar-refractivity contribution >= 4 is 11.9 Å². The molecule has 0 spiro atoms. The molecule has 0 atom stereocenters. The molecule has 2 aromatic heterocycles. The van der Waals surface area contributed by atoms with E-state index in [0.717, 1.165) is 16.9 Å². The number of ether oxygens (including phenoxy) is 1. The van der Waals surface area contributed by atoms with Crippen LogP contribution in [0, 0.1) is 20.8 Å². The van der Waals surface area contributed by atoms with E-state index in [-0.39, 0.29) is 24.3 Å². The monoisotopic (exact) mass is 416 g/mol. The third kappa shape index (κ3) is 4.98. The van der Waals surface area contributed by atoms with E-state index in [1.54, 1.807) is 28.0 Å². The van der Waals surface area contributed by atoms with Crippen molar-refractivity contribution in [2.24, 2.45) is 0 Å². The van der Waals surface area contributed by atoms with E-state index >= 15 is 0 Å². The first-order chi connectivity index (χ1) is 15.0. The fourth-order valence-electron chi connectivity index (χ4n) is 3.21. The summed E-state index contributed by atoms with van der Waals surface area (Å²) in [5.41, 5.74) is 4.82. The van der Waals surface area contributed by atoms with Crippen LogP contribution >= 0.6 is 0 Å². The van der Waals surface area contributed by atoms with Crippen molar-refractivity contribution in [2.75, 3.05) is 5.32 Å². The normalized spacial score (nSPS) is 10.8. The van der Waals surface area contributed by atoms with Crippen molar-refractivity contribution in [1.82, 2.24) is 24.5 Å². The number of carbonyl (C=O) groups excluding carboxylic acids is 1. The maximum atomic E-state index is 12.5. The minimum Gasteiger partial charge on any atom is -0.471 e. The molecule has 0 fully saturated rings. The van der Waals surface area contributed by atoms with E-state index < -0.39 is 0 Å². The van der Waals surface area contributed by atoms with Crippen molar-refractivity contribution in [3.05, 3.63) is 89.0 Å². The number of hydrogen-bond donors (Lipinski definition) is 1. The maximum Gasteiger partial charge on any atom is 0.278 e. The summed E-state index contributed by atoms with van der Waals surface area (Å²) < 4.78 is 9.06. The van der Waals surface area contributed by atoms with Crippen molar-refractivity contribution in [1.29, 1.82) is 0 Å². The van der Waals surface area contributed by atoms with Gasteiger partial charge in [0.15, 0.2) is 12.4 Å². The lowest BCUT2D eigenvalue weighted by Gasteiger charge is -2.09. The van der Waals surface area contributed by atoms with Gasteiger partial charge in [0.2, 0.25) is 5.95 Å². The van der Waals surface area contributed by atoms with E-state index in [1.165, 1.54) is 11.1 Å². The lowest BCUT2D eigenvalue weighted by Crippen LogP contribution is -2.15. The zero-order valence-corrected chi connectivity index (χ0v) is 17.7. The molecule has 8 nitrogen and oxygen atoms in total. The fraction of sp³-hybridized carbons (Fsp3) is 0.217. The molecule has 0 aliphatic rings. The molecular formula is C23H24N6O2. The highest BCUT2D eigenvalue weighted by Gasteiger charge is 2.13. The molecule has 1 N–H and O–H groups in total. The predicted molar refractivity (Wildman–Crippen MR) is 117 cm³/mol. The number of hydrogen-bond acceptors (Lipinski definition) is 5. The van der Waals surface area contributed by atoms with E-state index in [1.807, 2.05) is 44.2 Å². The van der Waals surface area contributed by atoms with E-state index in [0.29, 0.717) is 6.54 Å². The highest BCUT2D eigenvalue weighted by atomic mass is 16.5. The smallest absolute Gasteiger partial charge is 0.278 e. The molecule has 2 aromatic carbocycles. The first-order valence-electron chi connectivity index (χ1n) is 9.97. The predicted octanol–water partition coefficient (Wildman–Crippen LogP) is 3.74. The molecule has 0 unspecified atom stereocenters. The van der Waals surface area contributed by atoms with Gasteiger partial charge in [-0.25, -0.2) is 14.3 Å². The Morgan fingerprint density at radius 2 is 1.84 bits per heavy atom. The molecule has 0 saturated heterocycles. The van der Waals surface area contributed by atoms with E-state index in [9.17, 15) is 4.79 Å². The summed E-state index contributed by atoms with van der Waals surface area (Å²) in [6.45, 7) is 6.88. The Hall–Kier alpha value is -3.94. The van der Waals surface area contributed by atoms with Crippen LogP contribution < -0.4 is 10.1 Å². The molecule has 0 radical (unpaired) electrons. The third-order valence-electron chi connectivity index (χ3n) is 4.91. The van der Waals surface area contributed by atoms with Crippen molar-refractivity contribution in [2.45, 2.75) is 34.0 Å². The van der Waals surface area contributed by atoms with Crippen LogP contribution in [0.5, 0.6) is 5.75 Å². The number of carbonyl (C=O) groups is 1. The molecule has 4 aromatic rings. The van der Waals surface area contributed by atoms with Gasteiger partial charge in [-0.2, -0.15) is 5.10 Å². The van der Waals surface area contributed by atoms with E-state index in [2.05, 4.69) is 39.6 Å².